The van der Waals surface area contributed by atoms with Gasteiger partial charge in [-0.3, -0.25) is 24.6 Å². The van der Waals surface area contributed by atoms with E-state index in [1.807, 2.05) is 24.4 Å². The van der Waals surface area contributed by atoms with Gasteiger partial charge in [-0.25, -0.2) is 0 Å². The van der Waals surface area contributed by atoms with Crippen molar-refractivity contribution in [2.45, 2.75) is 19.3 Å². The van der Waals surface area contributed by atoms with E-state index in [1.165, 1.54) is 12.8 Å². The Bertz CT molecular complexity index is 889. The number of hydrogen-bond acceptors (Lipinski definition) is 5. The third-order valence-corrected chi connectivity index (χ3v) is 4.61. The van der Waals surface area contributed by atoms with Gasteiger partial charge < -0.3 is 0 Å². The molecule has 5 nitrogen and oxygen atoms in total. The van der Waals surface area contributed by atoms with Crippen LogP contribution in [0.2, 0.25) is 0 Å². The van der Waals surface area contributed by atoms with E-state index in [0.717, 1.165) is 40.8 Å². The maximum atomic E-state index is 12.3. The first-order chi connectivity index (χ1) is 12.3. The van der Waals surface area contributed by atoms with Gasteiger partial charge in [0.25, 0.3) is 0 Å². The highest BCUT2D eigenvalue weighted by molar-refractivity contribution is 5.88. The molecule has 0 spiro atoms. The number of carbonyl (C=O) groups is 1. The van der Waals surface area contributed by atoms with Crippen LogP contribution in [-0.2, 0) is 11.2 Å². The Morgan fingerprint density at radius 1 is 1.00 bits per heavy atom. The van der Waals surface area contributed by atoms with Crippen molar-refractivity contribution >= 4 is 16.6 Å². The lowest BCUT2D eigenvalue weighted by molar-refractivity contribution is -0.119. The molecular formula is C20H20N4O. The lowest BCUT2D eigenvalue weighted by Gasteiger charge is -2.13. The molecule has 0 saturated carbocycles. The maximum Gasteiger partial charge on any atom is 0.152 e. The minimum Gasteiger partial charge on any atom is -0.298 e. The number of aromatic nitrogens is 3. The molecule has 25 heavy (non-hydrogen) atoms. The molecule has 1 aromatic carbocycles. The van der Waals surface area contributed by atoms with Gasteiger partial charge in [-0.05, 0) is 43.5 Å². The van der Waals surface area contributed by atoms with E-state index in [2.05, 4.69) is 25.9 Å². The zero-order chi connectivity index (χ0) is 17.1. The van der Waals surface area contributed by atoms with E-state index in [1.54, 1.807) is 18.6 Å². The minimum atomic E-state index is 0.235. The Hall–Kier alpha value is -2.66. The van der Waals surface area contributed by atoms with Gasteiger partial charge in [-0.2, -0.15) is 0 Å². The zero-order valence-corrected chi connectivity index (χ0v) is 14.1. The fraction of sp³-hybridized carbons (Fsp3) is 0.300. The quantitative estimate of drug-likeness (QED) is 0.719. The molecule has 126 valence electrons. The number of likely N-dealkylation sites (tertiary alicyclic amines) is 1. The second-order valence-electron chi connectivity index (χ2n) is 6.53. The topological polar surface area (TPSA) is 59.0 Å². The summed E-state index contributed by atoms with van der Waals surface area (Å²) in [6.45, 7) is 2.62. The van der Waals surface area contributed by atoms with Crippen LogP contribution in [0.5, 0.6) is 0 Å². The first kappa shape index (κ1) is 15.8. The average molecular weight is 332 g/mol. The van der Waals surface area contributed by atoms with Crippen LogP contribution in [0, 0.1) is 0 Å². The van der Waals surface area contributed by atoms with Crippen molar-refractivity contribution in [1.82, 2.24) is 19.9 Å². The summed E-state index contributed by atoms with van der Waals surface area (Å²) in [4.78, 5) is 27.5. The van der Waals surface area contributed by atoms with Crippen LogP contribution in [0.1, 0.15) is 18.5 Å². The van der Waals surface area contributed by atoms with Crippen LogP contribution in [0.15, 0.2) is 49.1 Å². The van der Waals surface area contributed by atoms with E-state index in [9.17, 15) is 4.79 Å². The summed E-state index contributed by atoms with van der Waals surface area (Å²) in [6.07, 6.45) is 9.74. The maximum absolute atomic E-state index is 12.3. The number of ketones is 1. The fourth-order valence-corrected chi connectivity index (χ4v) is 3.34. The SMILES string of the molecule is O=C(Cc1cc2cc(-c3cnccn3)ccc2cn1)CN1CCCC1. The molecule has 0 amide bonds. The molecule has 1 aliphatic heterocycles. The Labute approximate surface area is 146 Å². The van der Waals surface area contributed by atoms with Crippen LogP contribution in [0.3, 0.4) is 0 Å². The highest BCUT2D eigenvalue weighted by Gasteiger charge is 2.15. The molecule has 4 rings (SSSR count). The minimum absolute atomic E-state index is 0.235. The van der Waals surface area contributed by atoms with Gasteiger partial charge in [0.05, 0.1) is 24.9 Å². The average Bonchev–Trinajstić information content (AvgIpc) is 3.14. The first-order valence-corrected chi connectivity index (χ1v) is 8.67. The molecular weight excluding hydrogens is 312 g/mol. The number of hydrogen-bond donors (Lipinski definition) is 0. The van der Waals surface area contributed by atoms with E-state index in [-0.39, 0.29) is 5.78 Å². The smallest absolute Gasteiger partial charge is 0.152 e. The highest BCUT2D eigenvalue weighted by Crippen LogP contribution is 2.22. The zero-order valence-electron chi connectivity index (χ0n) is 14.1. The van der Waals surface area contributed by atoms with Crippen molar-refractivity contribution < 1.29 is 4.79 Å². The molecule has 1 saturated heterocycles. The predicted octanol–water partition coefficient (Wildman–Crippen LogP) is 2.90. The molecule has 1 fully saturated rings. The number of fused-ring (bicyclic) bond motifs is 1. The molecule has 3 aromatic rings. The molecule has 0 bridgehead atoms. The van der Waals surface area contributed by atoms with Gasteiger partial charge in [0.15, 0.2) is 5.78 Å². The van der Waals surface area contributed by atoms with Gasteiger partial charge in [0, 0.05) is 35.2 Å². The van der Waals surface area contributed by atoms with E-state index >= 15 is 0 Å². The molecule has 2 aromatic heterocycles. The molecule has 3 heterocycles. The summed E-state index contributed by atoms with van der Waals surface area (Å²) in [6, 6.07) is 8.14. The first-order valence-electron chi connectivity index (χ1n) is 8.67. The number of benzene rings is 1. The standard InChI is InChI=1S/C20H20N4O/c25-19(14-24-7-1-2-8-24)11-18-10-17-9-15(3-4-16(17)12-23-18)20-13-21-5-6-22-20/h3-6,9-10,12-13H,1-2,7-8,11,14H2. The molecule has 0 N–H and O–H groups in total. The predicted molar refractivity (Wildman–Crippen MR) is 97.2 cm³/mol. The van der Waals surface area contributed by atoms with Crippen molar-refractivity contribution in [1.29, 1.82) is 0 Å². The van der Waals surface area contributed by atoms with Gasteiger partial charge in [-0.1, -0.05) is 12.1 Å². The van der Waals surface area contributed by atoms with E-state index in [4.69, 9.17) is 0 Å². The number of pyridine rings is 1. The third-order valence-electron chi connectivity index (χ3n) is 4.61. The van der Waals surface area contributed by atoms with Crippen molar-refractivity contribution in [2.24, 2.45) is 0 Å². The molecule has 0 atom stereocenters. The van der Waals surface area contributed by atoms with Crippen LogP contribution < -0.4 is 0 Å². The molecule has 0 aliphatic carbocycles. The lowest BCUT2D eigenvalue weighted by atomic mass is 10.0. The van der Waals surface area contributed by atoms with Gasteiger partial charge in [0.2, 0.25) is 0 Å². The van der Waals surface area contributed by atoms with Crippen molar-refractivity contribution in [3.8, 4) is 11.3 Å². The molecule has 1 aliphatic rings. The summed E-state index contributed by atoms with van der Waals surface area (Å²) in [5.74, 6) is 0.235. The summed E-state index contributed by atoms with van der Waals surface area (Å²) in [5, 5.41) is 2.13. The number of Topliss-reactive ketones (excluding diaryl/α,β-unsaturated/α-hetero) is 1. The normalized spacial score (nSPS) is 14.9. The summed E-state index contributed by atoms with van der Waals surface area (Å²) in [5.41, 5.74) is 2.68. The molecule has 0 unspecified atom stereocenters. The van der Waals surface area contributed by atoms with Gasteiger partial charge in [-0.15, -0.1) is 0 Å². The second kappa shape index (κ2) is 7.07. The van der Waals surface area contributed by atoms with Crippen LogP contribution in [0.25, 0.3) is 22.0 Å². The van der Waals surface area contributed by atoms with Gasteiger partial charge in [0.1, 0.15) is 0 Å². The summed E-state index contributed by atoms with van der Waals surface area (Å²) >= 11 is 0. The Morgan fingerprint density at radius 2 is 1.88 bits per heavy atom. The fourth-order valence-electron chi connectivity index (χ4n) is 3.34. The largest absolute Gasteiger partial charge is 0.298 e. The number of nitrogens with zero attached hydrogens (tertiary/aromatic N) is 4. The Morgan fingerprint density at radius 3 is 2.68 bits per heavy atom. The highest BCUT2D eigenvalue weighted by atomic mass is 16.1. The molecule has 5 heteroatoms. The van der Waals surface area contributed by atoms with Crippen LogP contribution in [0.4, 0.5) is 0 Å². The van der Waals surface area contributed by atoms with Crippen LogP contribution >= 0.6 is 0 Å². The van der Waals surface area contributed by atoms with Crippen molar-refractivity contribution in [3.63, 3.8) is 0 Å². The van der Waals surface area contributed by atoms with Crippen molar-refractivity contribution in [2.75, 3.05) is 19.6 Å². The lowest BCUT2D eigenvalue weighted by Crippen LogP contribution is -2.27. The van der Waals surface area contributed by atoms with Crippen molar-refractivity contribution in [3.05, 3.63) is 54.7 Å². The monoisotopic (exact) mass is 332 g/mol. The number of carbonyl (C=O) groups excluding carboxylic acids is 1. The Kier molecular flexibility index (Phi) is 4.48. The summed E-state index contributed by atoms with van der Waals surface area (Å²) < 4.78 is 0. The molecule has 0 radical (unpaired) electrons. The number of rotatable bonds is 5. The third kappa shape index (κ3) is 3.72. The summed E-state index contributed by atoms with van der Waals surface area (Å²) in [7, 11) is 0. The van der Waals surface area contributed by atoms with E-state index < -0.39 is 0 Å². The van der Waals surface area contributed by atoms with E-state index in [0.29, 0.717) is 13.0 Å². The Balaban J connectivity index is 1.55. The van der Waals surface area contributed by atoms with Gasteiger partial charge >= 0.3 is 0 Å². The van der Waals surface area contributed by atoms with Crippen LogP contribution in [-0.4, -0.2) is 45.3 Å². The second-order valence-corrected chi connectivity index (χ2v) is 6.53.